The van der Waals surface area contributed by atoms with Gasteiger partial charge in [0, 0.05) is 6.42 Å². The molecule has 46 heavy (non-hydrogen) atoms. The Morgan fingerprint density at radius 2 is 0.500 bits per heavy atom. The van der Waals surface area contributed by atoms with E-state index in [1.165, 1.54) is 0 Å². The Labute approximate surface area is 261 Å². The van der Waals surface area contributed by atoms with Gasteiger partial charge in [-0.3, -0.25) is 52.7 Å². The van der Waals surface area contributed by atoms with E-state index in [4.69, 9.17) is 5.11 Å². The molecular formula is C24H38N10O12. The lowest BCUT2D eigenvalue weighted by Crippen LogP contribution is -2.47. The van der Waals surface area contributed by atoms with Gasteiger partial charge in [0.2, 0.25) is 59.1 Å². The van der Waals surface area contributed by atoms with Gasteiger partial charge in [-0.05, 0) is 6.42 Å². The van der Waals surface area contributed by atoms with E-state index < -0.39 is 118 Å². The zero-order valence-electron chi connectivity index (χ0n) is 24.9. The summed E-state index contributed by atoms with van der Waals surface area (Å²) in [4.78, 5) is 127. The fourth-order valence-electron chi connectivity index (χ4n) is 2.66. The van der Waals surface area contributed by atoms with Crippen molar-refractivity contribution in [3.05, 3.63) is 0 Å². The van der Waals surface area contributed by atoms with Crippen LogP contribution in [0.4, 0.5) is 0 Å². The third kappa shape index (κ3) is 23.7. The highest BCUT2D eigenvalue weighted by Gasteiger charge is 2.13. The number of aliphatic carboxylic acids is 1. The molecule has 0 fully saturated rings. The highest BCUT2D eigenvalue weighted by atomic mass is 16.4. The molecule has 0 aliphatic rings. The van der Waals surface area contributed by atoms with Crippen LogP contribution in [-0.2, 0) is 52.7 Å². The monoisotopic (exact) mass is 658 g/mol. The number of hydrogen-bond donors (Lipinski definition) is 11. The number of carboxylic acid groups (broad SMARTS) is 1. The van der Waals surface area contributed by atoms with Crippen molar-refractivity contribution in [3.63, 3.8) is 0 Å². The summed E-state index contributed by atoms with van der Waals surface area (Å²) in [7, 11) is 0. The summed E-state index contributed by atoms with van der Waals surface area (Å²) in [5.74, 6) is -8.21. The van der Waals surface area contributed by atoms with Crippen molar-refractivity contribution < 1.29 is 57.8 Å². The molecule has 0 spiro atoms. The van der Waals surface area contributed by atoms with Gasteiger partial charge in [-0.1, -0.05) is 6.92 Å². The Kier molecular flexibility index (Phi) is 20.6. The molecule has 0 aromatic carbocycles. The van der Waals surface area contributed by atoms with E-state index in [2.05, 4.69) is 47.9 Å². The molecule has 0 aliphatic carbocycles. The lowest BCUT2D eigenvalue weighted by atomic mass is 10.3. The Bertz CT molecular complexity index is 1160. The van der Waals surface area contributed by atoms with Crippen molar-refractivity contribution in [3.8, 4) is 0 Å². The number of carbonyl (C=O) groups is 11. The predicted molar refractivity (Wildman–Crippen MR) is 153 cm³/mol. The van der Waals surface area contributed by atoms with Crippen molar-refractivity contribution in [2.24, 2.45) is 0 Å². The molecule has 0 bridgehead atoms. The fourth-order valence-corrected chi connectivity index (χ4v) is 2.66. The first-order chi connectivity index (χ1) is 21.7. The third-order valence-electron chi connectivity index (χ3n) is 4.93. The molecule has 22 nitrogen and oxygen atoms in total. The van der Waals surface area contributed by atoms with Crippen molar-refractivity contribution in [1.29, 1.82) is 0 Å². The zero-order valence-corrected chi connectivity index (χ0v) is 24.9. The van der Waals surface area contributed by atoms with E-state index in [-0.39, 0.29) is 18.9 Å². The lowest BCUT2D eigenvalue weighted by Gasteiger charge is -2.10. The first-order valence-corrected chi connectivity index (χ1v) is 13.6. The Morgan fingerprint density at radius 3 is 0.674 bits per heavy atom. The van der Waals surface area contributed by atoms with Gasteiger partial charge in [0.15, 0.2) is 0 Å². The van der Waals surface area contributed by atoms with Gasteiger partial charge in [-0.15, -0.1) is 0 Å². The van der Waals surface area contributed by atoms with E-state index in [0.717, 1.165) is 0 Å². The molecule has 0 saturated heterocycles. The Hall–Kier alpha value is -5.83. The smallest absolute Gasteiger partial charge is 0.322 e. The highest BCUT2D eigenvalue weighted by molar-refractivity contribution is 5.93. The van der Waals surface area contributed by atoms with Crippen LogP contribution in [0.25, 0.3) is 0 Å². The van der Waals surface area contributed by atoms with Gasteiger partial charge >= 0.3 is 5.97 Å². The summed E-state index contributed by atoms with van der Waals surface area (Å²) in [6.07, 6.45) is 0.874. The molecule has 0 aliphatic heterocycles. The molecule has 0 rings (SSSR count). The average Bonchev–Trinajstić information content (AvgIpc) is 3.01. The molecule has 22 heteroatoms. The predicted octanol–water partition coefficient (Wildman–Crippen LogP) is -7.97. The second-order valence-corrected chi connectivity index (χ2v) is 8.91. The van der Waals surface area contributed by atoms with Crippen molar-refractivity contribution >= 4 is 65.0 Å². The molecule has 0 saturated carbocycles. The largest absolute Gasteiger partial charge is 0.480 e. The maximum Gasteiger partial charge on any atom is 0.322 e. The minimum absolute atomic E-state index is 0.261. The summed E-state index contributed by atoms with van der Waals surface area (Å²) in [5, 5.41) is 30.3. The molecule has 0 aromatic rings. The minimum Gasteiger partial charge on any atom is -0.480 e. The summed E-state index contributed by atoms with van der Waals surface area (Å²) in [5.41, 5.74) is 0. The second kappa shape index (κ2) is 23.6. The van der Waals surface area contributed by atoms with Crippen molar-refractivity contribution in [1.82, 2.24) is 53.2 Å². The van der Waals surface area contributed by atoms with Gasteiger partial charge in [-0.2, -0.15) is 0 Å². The normalized spacial score (nSPS) is 9.76. The number of rotatable bonds is 22. The van der Waals surface area contributed by atoms with E-state index in [1.54, 1.807) is 6.92 Å². The Morgan fingerprint density at radius 1 is 0.326 bits per heavy atom. The summed E-state index contributed by atoms with van der Waals surface area (Å²) >= 11 is 0. The number of amides is 10. The van der Waals surface area contributed by atoms with E-state index in [9.17, 15) is 52.7 Å². The summed E-state index contributed by atoms with van der Waals surface area (Å²) in [6, 6.07) is 0. The third-order valence-corrected chi connectivity index (χ3v) is 4.93. The van der Waals surface area contributed by atoms with E-state index >= 15 is 0 Å². The van der Waals surface area contributed by atoms with Crippen LogP contribution in [0.5, 0.6) is 0 Å². The maximum absolute atomic E-state index is 11.8. The Balaban J connectivity index is 3.97. The van der Waals surface area contributed by atoms with Crippen LogP contribution in [0, 0.1) is 0 Å². The van der Waals surface area contributed by atoms with Crippen LogP contribution < -0.4 is 53.2 Å². The molecule has 0 aromatic heterocycles. The van der Waals surface area contributed by atoms with Crippen molar-refractivity contribution in [2.45, 2.75) is 19.8 Å². The van der Waals surface area contributed by atoms with Gasteiger partial charge in [0.25, 0.3) is 0 Å². The van der Waals surface area contributed by atoms with Gasteiger partial charge in [0.05, 0.1) is 58.9 Å². The summed E-state index contributed by atoms with van der Waals surface area (Å²) in [6.45, 7) is -3.33. The second-order valence-electron chi connectivity index (χ2n) is 8.91. The SMILES string of the molecule is CCCC(=O)NCC(=O)NCC(=O)NCC(=O)NCC(=O)NCC(=O)NCC(=O)NCC(=O)NCC(=O)NCC(=O)NCC(=O)O. The molecule has 0 radical (unpaired) electrons. The minimum atomic E-state index is -1.27. The lowest BCUT2D eigenvalue weighted by molar-refractivity contribution is -0.138. The molecule has 0 unspecified atom stereocenters. The zero-order chi connectivity index (χ0) is 34.9. The van der Waals surface area contributed by atoms with Crippen LogP contribution in [0.1, 0.15) is 19.8 Å². The molecule has 0 heterocycles. The molecule has 11 N–H and O–H groups in total. The van der Waals surface area contributed by atoms with Crippen LogP contribution in [-0.4, -0.2) is 136 Å². The molecule has 0 atom stereocenters. The standard InChI is InChI=1S/C24H38N10O12/c1-2-3-14(35)25-4-15(36)26-5-16(37)27-6-17(38)28-7-18(39)29-8-19(40)30-9-20(41)31-10-21(42)32-11-22(43)33-12-23(44)34-13-24(45)46/h2-13H2,1H3,(H,25,35)(H,26,36)(H,27,37)(H,28,38)(H,29,39)(H,30,40)(H,31,41)(H,32,42)(H,33,43)(H,34,44)(H,45,46). The van der Waals surface area contributed by atoms with Gasteiger partial charge < -0.3 is 58.3 Å². The number of carboxylic acids is 1. The van der Waals surface area contributed by atoms with E-state index in [1.807, 2.05) is 5.32 Å². The van der Waals surface area contributed by atoms with Crippen LogP contribution >= 0.6 is 0 Å². The number of hydrogen-bond acceptors (Lipinski definition) is 11. The quantitative estimate of drug-likeness (QED) is 0.0517. The van der Waals surface area contributed by atoms with Crippen LogP contribution in [0.15, 0.2) is 0 Å². The first-order valence-electron chi connectivity index (χ1n) is 13.6. The average molecular weight is 659 g/mol. The fraction of sp³-hybridized carbons (Fsp3) is 0.542. The number of carbonyl (C=O) groups excluding carboxylic acids is 10. The molecule has 10 amide bonds. The van der Waals surface area contributed by atoms with E-state index in [0.29, 0.717) is 6.42 Å². The first kappa shape index (κ1) is 40.2. The maximum atomic E-state index is 11.8. The van der Waals surface area contributed by atoms with Crippen molar-refractivity contribution in [2.75, 3.05) is 65.4 Å². The topological polar surface area (TPSA) is 328 Å². The van der Waals surface area contributed by atoms with Crippen LogP contribution in [0.3, 0.4) is 0 Å². The van der Waals surface area contributed by atoms with Crippen LogP contribution in [0.2, 0.25) is 0 Å². The molecular weight excluding hydrogens is 620 g/mol. The van der Waals surface area contributed by atoms with Gasteiger partial charge in [0.1, 0.15) is 6.54 Å². The van der Waals surface area contributed by atoms with Gasteiger partial charge in [-0.25, -0.2) is 0 Å². The number of nitrogens with one attached hydrogen (secondary N) is 10. The molecule has 256 valence electrons. The summed E-state index contributed by atoms with van der Waals surface area (Å²) < 4.78 is 0. The highest BCUT2D eigenvalue weighted by Crippen LogP contribution is 1.84.